The van der Waals surface area contributed by atoms with Crippen LogP contribution in [0.3, 0.4) is 0 Å². The topological polar surface area (TPSA) is 102 Å². The molecule has 0 aliphatic rings. The molecule has 11 heteroatoms. The fraction of sp³-hybridized carbons (Fsp3) is 0.176. The van der Waals surface area contributed by atoms with E-state index < -0.39 is 0 Å². The van der Waals surface area contributed by atoms with E-state index in [1.54, 1.807) is 13.4 Å². The molecule has 0 atom stereocenters. The minimum Gasteiger partial charge on any atom is -0.497 e. The SMILES string of the molecule is COc1ccc2nc(NC(=O)CSc3nnc(NCc4ccco4)s3)sc2c1. The van der Waals surface area contributed by atoms with Crippen LogP contribution >= 0.6 is 34.4 Å². The predicted octanol–water partition coefficient (Wildman–Crippen LogP) is 4.09. The Morgan fingerprint density at radius 2 is 2.18 bits per heavy atom. The van der Waals surface area contributed by atoms with E-state index in [4.69, 9.17) is 9.15 Å². The monoisotopic (exact) mass is 433 g/mol. The summed E-state index contributed by atoms with van der Waals surface area (Å²) in [6, 6.07) is 9.32. The molecule has 0 saturated carbocycles. The van der Waals surface area contributed by atoms with Gasteiger partial charge in [-0.3, -0.25) is 4.79 Å². The number of nitrogens with one attached hydrogen (secondary N) is 2. The van der Waals surface area contributed by atoms with Crippen molar-refractivity contribution in [2.75, 3.05) is 23.5 Å². The zero-order valence-electron chi connectivity index (χ0n) is 14.7. The largest absolute Gasteiger partial charge is 0.497 e. The lowest BCUT2D eigenvalue weighted by molar-refractivity contribution is -0.113. The third-order valence-electron chi connectivity index (χ3n) is 3.57. The van der Waals surface area contributed by atoms with Crippen molar-refractivity contribution in [3.05, 3.63) is 42.4 Å². The summed E-state index contributed by atoms with van der Waals surface area (Å²) in [6.45, 7) is 0.537. The number of carbonyl (C=O) groups is 1. The molecule has 0 unspecified atom stereocenters. The lowest BCUT2D eigenvalue weighted by atomic mass is 10.3. The van der Waals surface area contributed by atoms with Crippen LogP contribution in [0, 0.1) is 0 Å². The molecule has 8 nitrogen and oxygen atoms in total. The van der Waals surface area contributed by atoms with E-state index in [-0.39, 0.29) is 11.7 Å². The van der Waals surface area contributed by atoms with E-state index in [0.717, 1.165) is 21.7 Å². The van der Waals surface area contributed by atoms with Gasteiger partial charge in [-0.1, -0.05) is 34.4 Å². The van der Waals surface area contributed by atoms with Gasteiger partial charge in [-0.05, 0) is 30.3 Å². The second kappa shape index (κ2) is 8.59. The maximum atomic E-state index is 12.2. The van der Waals surface area contributed by atoms with Crippen LogP contribution in [-0.2, 0) is 11.3 Å². The first-order chi connectivity index (χ1) is 13.7. The Morgan fingerprint density at radius 3 is 3.00 bits per heavy atom. The van der Waals surface area contributed by atoms with E-state index in [1.807, 2.05) is 30.3 Å². The number of amides is 1. The number of rotatable bonds is 8. The Kier molecular flexibility index (Phi) is 5.74. The number of furan rings is 1. The third-order valence-corrected chi connectivity index (χ3v) is 6.52. The highest BCUT2D eigenvalue weighted by Gasteiger charge is 2.11. The van der Waals surface area contributed by atoms with Crippen LogP contribution in [0.2, 0.25) is 0 Å². The average molecular weight is 434 g/mol. The standard InChI is InChI=1S/C17H15N5O3S3/c1-24-10-4-5-12-13(7-10)27-16(19-12)20-14(23)9-26-17-22-21-15(28-17)18-8-11-3-2-6-25-11/h2-7H,8-9H2,1H3,(H,18,21)(H,19,20,23). The highest BCUT2D eigenvalue weighted by atomic mass is 32.2. The van der Waals surface area contributed by atoms with Crippen molar-refractivity contribution in [2.45, 2.75) is 10.9 Å². The second-order valence-corrected chi connectivity index (χ2v) is 8.73. The van der Waals surface area contributed by atoms with E-state index in [9.17, 15) is 4.79 Å². The Morgan fingerprint density at radius 1 is 1.25 bits per heavy atom. The molecule has 0 aliphatic carbocycles. The van der Waals surface area contributed by atoms with Crippen LogP contribution in [0.1, 0.15) is 5.76 Å². The van der Waals surface area contributed by atoms with Crippen molar-refractivity contribution in [2.24, 2.45) is 0 Å². The van der Waals surface area contributed by atoms with E-state index in [2.05, 4.69) is 25.8 Å². The summed E-state index contributed by atoms with van der Waals surface area (Å²) < 4.78 is 12.1. The number of thiazole rings is 1. The molecule has 1 aromatic carbocycles. The zero-order valence-corrected chi connectivity index (χ0v) is 17.1. The van der Waals surface area contributed by atoms with Gasteiger partial charge in [0.1, 0.15) is 11.5 Å². The number of fused-ring (bicyclic) bond motifs is 1. The number of hydrogen-bond acceptors (Lipinski definition) is 10. The maximum Gasteiger partial charge on any atom is 0.236 e. The smallest absolute Gasteiger partial charge is 0.236 e. The normalized spacial score (nSPS) is 10.9. The van der Waals surface area contributed by atoms with Crippen molar-refractivity contribution in [1.82, 2.24) is 15.2 Å². The third kappa shape index (κ3) is 4.61. The molecule has 0 fully saturated rings. The van der Waals surface area contributed by atoms with Gasteiger partial charge in [-0.15, -0.1) is 10.2 Å². The molecule has 0 bridgehead atoms. The molecule has 0 spiro atoms. The first-order valence-corrected chi connectivity index (χ1v) is 10.8. The number of thioether (sulfide) groups is 1. The molecule has 3 heterocycles. The van der Waals surface area contributed by atoms with Crippen molar-refractivity contribution in [3.8, 4) is 5.75 Å². The number of methoxy groups -OCH3 is 1. The highest BCUT2D eigenvalue weighted by Crippen LogP contribution is 2.30. The van der Waals surface area contributed by atoms with Crippen LogP contribution in [0.5, 0.6) is 5.75 Å². The van der Waals surface area contributed by atoms with Crippen LogP contribution in [0.4, 0.5) is 10.3 Å². The quantitative estimate of drug-likeness (QED) is 0.401. The summed E-state index contributed by atoms with van der Waals surface area (Å²) in [7, 11) is 1.62. The van der Waals surface area contributed by atoms with Crippen LogP contribution < -0.4 is 15.4 Å². The Bertz CT molecular complexity index is 1080. The van der Waals surface area contributed by atoms with Gasteiger partial charge in [0.05, 0.1) is 35.9 Å². The van der Waals surface area contributed by atoms with Gasteiger partial charge in [-0.25, -0.2) is 4.98 Å². The van der Waals surface area contributed by atoms with Gasteiger partial charge in [0, 0.05) is 0 Å². The number of aromatic nitrogens is 3. The van der Waals surface area contributed by atoms with Gasteiger partial charge in [-0.2, -0.15) is 0 Å². The Hall–Kier alpha value is -2.63. The molecular formula is C17H15N5O3S3. The molecule has 28 heavy (non-hydrogen) atoms. The number of ether oxygens (including phenoxy) is 1. The van der Waals surface area contributed by atoms with E-state index in [0.29, 0.717) is 21.1 Å². The average Bonchev–Trinajstić information content (AvgIpc) is 3.44. The minimum absolute atomic E-state index is 0.142. The summed E-state index contributed by atoms with van der Waals surface area (Å²) >= 11 is 4.13. The minimum atomic E-state index is -0.142. The molecule has 144 valence electrons. The van der Waals surface area contributed by atoms with Gasteiger partial charge < -0.3 is 19.8 Å². The Balaban J connectivity index is 1.28. The van der Waals surface area contributed by atoms with Gasteiger partial charge in [0.2, 0.25) is 11.0 Å². The van der Waals surface area contributed by atoms with Crippen LogP contribution in [-0.4, -0.2) is 34.0 Å². The van der Waals surface area contributed by atoms with Crippen LogP contribution in [0.25, 0.3) is 10.2 Å². The molecule has 4 rings (SSSR count). The molecule has 0 radical (unpaired) electrons. The number of carbonyl (C=O) groups excluding carboxylic acids is 1. The molecular weight excluding hydrogens is 418 g/mol. The molecule has 0 saturated heterocycles. The Labute approximate surface area is 172 Å². The number of nitrogens with zero attached hydrogens (tertiary/aromatic N) is 3. The molecule has 0 aliphatic heterocycles. The molecule has 3 aromatic heterocycles. The molecule has 4 aromatic rings. The number of hydrogen-bond donors (Lipinski definition) is 2. The lowest BCUT2D eigenvalue weighted by Crippen LogP contribution is -2.13. The first kappa shape index (κ1) is 18.7. The van der Waals surface area contributed by atoms with Gasteiger partial charge >= 0.3 is 0 Å². The van der Waals surface area contributed by atoms with Crippen molar-refractivity contribution in [3.63, 3.8) is 0 Å². The van der Waals surface area contributed by atoms with Gasteiger partial charge in [0.15, 0.2) is 9.47 Å². The highest BCUT2D eigenvalue weighted by molar-refractivity contribution is 8.01. The second-order valence-electron chi connectivity index (χ2n) is 5.50. The summed E-state index contributed by atoms with van der Waals surface area (Å²) in [6.07, 6.45) is 1.62. The van der Waals surface area contributed by atoms with Crippen molar-refractivity contribution in [1.29, 1.82) is 0 Å². The number of benzene rings is 1. The van der Waals surface area contributed by atoms with E-state index >= 15 is 0 Å². The van der Waals surface area contributed by atoms with Gasteiger partial charge in [0.25, 0.3) is 0 Å². The number of anilines is 2. The summed E-state index contributed by atoms with van der Waals surface area (Å²) in [5.74, 6) is 1.66. The lowest BCUT2D eigenvalue weighted by Gasteiger charge is -1.99. The fourth-order valence-corrected chi connectivity index (χ4v) is 4.74. The zero-order chi connectivity index (χ0) is 19.3. The van der Waals surface area contributed by atoms with Crippen LogP contribution in [0.15, 0.2) is 45.4 Å². The van der Waals surface area contributed by atoms with Crippen molar-refractivity contribution >= 4 is 60.8 Å². The predicted molar refractivity (Wildman–Crippen MR) is 111 cm³/mol. The first-order valence-electron chi connectivity index (χ1n) is 8.16. The summed E-state index contributed by atoms with van der Waals surface area (Å²) in [5, 5.41) is 15.3. The van der Waals surface area contributed by atoms with Crippen molar-refractivity contribution < 1.29 is 13.9 Å². The fourth-order valence-electron chi connectivity index (χ4n) is 2.28. The van der Waals surface area contributed by atoms with E-state index in [1.165, 1.54) is 34.4 Å². The summed E-state index contributed by atoms with van der Waals surface area (Å²) in [5.41, 5.74) is 0.824. The summed E-state index contributed by atoms with van der Waals surface area (Å²) in [4.78, 5) is 16.6. The molecule has 1 amide bonds. The maximum absolute atomic E-state index is 12.2. The molecule has 2 N–H and O–H groups in total.